The molecule has 0 fully saturated rings. The van der Waals surface area contributed by atoms with Crippen molar-refractivity contribution in [1.29, 1.82) is 0 Å². The molecule has 1 rings (SSSR count). The van der Waals surface area contributed by atoms with Crippen LogP contribution >= 0.6 is 0 Å². The van der Waals surface area contributed by atoms with Crippen LogP contribution in [0, 0.1) is 0 Å². The molecule has 0 heterocycles. The fourth-order valence-corrected chi connectivity index (χ4v) is 4.22. The molecule has 200 valence electrons. The van der Waals surface area contributed by atoms with Gasteiger partial charge in [-0.15, -0.1) is 0 Å². The van der Waals surface area contributed by atoms with Crippen LogP contribution in [0.5, 0.6) is 0 Å². The average Bonchev–Trinajstić information content (AvgIpc) is 2.82. The predicted octanol–water partition coefficient (Wildman–Crippen LogP) is 6.44. The first kappa shape index (κ1) is 31.2. The summed E-state index contributed by atoms with van der Waals surface area (Å²) in [6.07, 6.45) is 16.0. The second-order valence-electron chi connectivity index (χ2n) is 11.0. The van der Waals surface area contributed by atoms with E-state index in [1.165, 1.54) is 64.3 Å². The standard InChI is InChI=1S/C30H52N2O3/c1-5-6-7-8-14-20-25-35-30(34)28(26-27-21-16-15-17-22-27)31-29(33)23-18-12-10-9-11-13-19-24-32(2,3)4/h15-17,21-22,28H,5-14,18-20,23-26H2,1-4H3/p+1. The molecular formula is C30H53N2O3+. The molecule has 1 atom stereocenters. The van der Waals surface area contributed by atoms with Gasteiger partial charge in [0.05, 0.1) is 34.3 Å². The normalized spacial score (nSPS) is 12.3. The molecule has 0 spiro atoms. The number of hydrogen-bond donors (Lipinski definition) is 1. The lowest BCUT2D eigenvalue weighted by Crippen LogP contribution is -2.43. The van der Waals surface area contributed by atoms with E-state index in [0.717, 1.165) is 35.7 Å². The van der Waals surface area contributed by atoms with Crippen LogP contribution in [-0.4, -0.2) is 56.7 Å². The van der Waals surface area contributed by atoms with Gasteiger partial charge in [-0.25, -0.2) is 4.79 Å². The van der Waals surface area contributed by atoms with Crippen LogP contribution < -0.4 is 5.32 Å². The van der Waals surface area contributed by atoms with Crippen LogP contribution in [0.1, 0.15) is 102 Å². The number of carbonyl (C=O) groups is 2. The summed E-state index contributed by atoms with van der Waals surface area (Å²) in [5.74, 6) is -0.366. The number of nitrogens with one attached hydrogen (secondary N) is 1. The van der Waals surface area contributed by atoms with E-state index in [-0.39, 0.29) is 11.9 Å². The topological polar surface area (TPSA) is 55.4 Å². The largest absolute Gasteiger partial charge is 0.464 e. The number of rotatable bonds is 21. The highest BCUT2D eigenvalue weighted by atomic mass is 16.5. The van der Waals surface area contributed by atoms with Crippen LogP contribution in [0.4, 0.5) is 0 Å². The zero-order chi connectivity index (χ0) is 25.8. The van der Waals surface area contributed by atoms with Gasteiger partial charge in [0.25, 0.3) is 0 Å². The molecule has 0 saturated carbocycles. The Morgan fingerprint density at radius 1 is 0.800 bits per heavy atom. The number of hydrogen-bond acceptors (Lipinski definition) is 3. The summed E-state index contributed by atoms with van der Waals surface area (Å²) in [7, 11) is 6.72. The highest BCUT2D eigenvalue weighted by Gasteiger charge is 2.22. The Kier molecular flexibility index (Phi) is 17.2. The van der Waals surface area contributed by atoms with Crippen molar-refractivity contribution in [2.75, 3.05) is 34.3 Å². The lowest BCUT2D eigenvalue weighted by atomic mass is 10.0. The number of unbranched alkanes of at least 4 members (excludes halogenated alkanes) is 11. The molecule has 0 aliphatic rings. The highest BCUT2D eigenvalue weighted by Crippen LogP contribution is 2.11. The van der Waals surface area contributed by atoms with E-state index in [1.54, 1.807) is 0 Å². The second-order valence-corrected chi connectivity index (χ2v) is 11.0. The Morgan fingerprint density at radius 2 is 1.37 bits per heavy atom. The van der Waals surface area contributed by atoms with Crippen molar-refractivity contribution in [3.63, 3.8) is 0 Å². The molecule has 5 heteroatoms. The number of esters is 1. The quantitative estimate of drug-likeness (QED) is 0.123. The van der Waals surface area contributed by atoms with Crippen LogP contribution in [0.3, 0.4) is 0 Å². The van der Waals surface area contributed by atoms with Crippen molar-refractivity contribution in [1.82, 2.24) is 5.32 Å². The molecule has 1 amide bonds. The van der Waals surface area contributed by atoms with Crippen molar-refractivity contribution in [2.45, 2.75) is 109 Å². The van der Waals surface area contributed by atoms with E-state index >= 15 is 0 Å². The van der Waals surface area contributed by atoms with Gasteiger partial charge in [-0.05, 0) is 31.2 Å². The molecule has 1 N–H and O–H groups in total. The maximum atomic E-state index is 12.7. The summed E-state index contributed by atoms with van der Waals surface area (Å²) >= 11 is 0. The number of amides is 1. The monoisotopic (exact) mass is 489 g/mol. The van der Waals surface area contributed by atoms with Gasteiger partial charge >= 0.3 is 5.97 Å². The van der Waals surface area contributed by atoms with Crippen LogP contribution in [-0.2, 0) is 20.7 Å². The summed E-state index contributed by atoms with van der Waals surface area (Å²) in [6.45, 7) is 3.87. The molecule has 0 aliphatic heterocycles. The predicted molar refractivity (Wildman–Crippen MR) is 146 cm³/mol. The van der Waals surface area contributed by atoms with Crippen molar-refractivity contribution in [2.24, 2.45) is 0 Å². The van der Waals surface area contributed by atoms with Gasteiger partial charge in [-0.3, -0.25) is 4.79 Å². The second kappa shape index (κ2) is 19.3. The molecule has 0 aromatic heterocycles. The van der Waals surface area contributed by atoms with E-state index < -0.39 is 6.04 Å². The maximum absolute atomic E-state index is 12.7. The maximum Gasteiger partial charge on any atom is 0.328 e. The number of ether oxygens (including phenoxy) is 1. The Labute approximate surface area is 215 Å². The van der Waals surface area contributed by atoms with E-state index in [2.05, 4.69) is 33.4 Å². The SMILES string of the molecule is CCCCCCCCOC(=O)C(Cc1ccccc1)NC(=O)CCCCCCCCC[N+](C)(C)C. The van der Waals surface area contributed by atoms with Crippen molar-refractivity contribution < 1.29 is 18.8 Å². The highest BCUT2D eigenvalue weighted by molar-refractivity contribution is 5.84. The lowest BCUT2D eigenvalue weighted by molar-refractivity contribution is -0.870. The fourth-order valence-electron chi connectivity index (χ4n) is 4.22. The van der Waals surface area contributed by atoms with Gasteiger partial charge in [0.2, 0.25) is 5.91 Å². The zero-order valence-electron chi connectivity index (χ0n) is 23.2. The van der Waals surface area contributed by atoms with E-state index in [9.17, 15) is 9.59 Å². The molecule has 0 bridgehead atoms. The number of nitrogens with zero attached hydrogens (tertiary/aromatic N) is 1. The number of benzene rings is 1. The van der Waals surface area contributed by atoms with Gasteiger partial charge in [0.15, 0.2) is 0 Å². The summed E-state index contributed by atoms with van der Waals surface area (Å²) in [6, 6.07) is 9.22. The summed E-state index contributed by atoms with van der Waals surface area (Å²) in [4.78, 5) is 25.3. The van der Waals surface area contributed by atoms with Crippen molar-refractivity contribution >= 4 is 11.9 Å². The molecule has 0 aliphatic carbocycles. The number of carbonyl (C=O) groups excluding carboxylic acids is 2. The molecule has 0 radical (unpaired) electrons. The van der Waals surface area contributed by atoms with Crippen molar-refractivity contribution in [3.05, 3.63) is 35.9 Å². The smallest absolute Gasteiger partial charge is 0.328 e. The van der Waals surface area contributed by atoms with Crippen LogP contribution in [0.2, 0.25) is 0 Å². The van der Waals surface area contributed by atoms with Gasteiger partial charge in [-0.2, -0.15) is 0 Å². The minimum absolute atomic E-state index is 0.0506. The zero-order valence-corrected chi connectivity index (χ0v) is 23.2. The van der Waals surface area contributed by atoms with Gasteiger partial charge < -0.3 is 14.5 Å². The number of quaternary nitrogens is 1. The Bertz CT molecular complexity index is 670. The van der Waals surface area contributed by atoms with Crippen LogP contribution in [0.25, 0.3) is 0 Å². The summed E-state index contributed by atoms with van der Waals surface area (Å²) in [5.41, 5.74) is 1.03. The summed E-state index contributed by atoms with van der Waals surface area (Å²) in [5, 5.41) is 2.95. The molecule has 35 heavy (non-hydrogen) atoms. The Balaban J connectivity index is 2.31. The fraction of sp³-hybridized carbons (Fsp3) is 0.733. The Morgan fingerprint density at radius 3 is 2.00 bits per heavy atom. The van der Waals surface area contributed by atoms with E-state index in [4.69, 9.17) is 4.74 Å². The minimum atomic E-state index is -0.619. The third-order valence-electron chi connectivity index (χ3n) is 6.38. The molecule has 1 unspecified atom stereocenters. The Hall–Kier alpha value is -1.88. The van der Waals surface area contributed by atoms with E-state index in [0.29, 0.717) is 19.4 Å². The molecule has 1 aromatic carbocycles. The average molecular weight is 490 g/mol. The molecule has 0 saturated heterocycles. The summed E-state index contributed by atoms with van der Waals surface area (Å²) < 4.78 is 6.57. The molecule has 5 nitrogen and oxygen atoms in total. The first-order valence-corrected chi connectivity index (χ1v) is 14.1. The van der Waals surface area contributed by atoms with E-state index in [1.807, 2.05) is 30.3 Å². The van der Waals surface area contributed by atoms with Gasteiger partial charge in [0.1, 0.15) is 6.04 Å². The van der Waals surface area contributed by atoms with Gasteiger partial charge in [0, 0.05) is 12.8 Å². The molecular weight excluding hydrogens is 436 g/mol. The first-order valence-electron chi connectivity index (χ1n) is 14.1. The van der Waals surface area contributed by atoms with Crippen LogP contribution in [0.15, 0.2) is 30.3 Å². The van der Waals surface area contributed by atoms with Gasteiger partial charge in [-0.1, -0.05) is 95.0 Å². The lowest BCUT2D eigenvalue weighted by Gasteiger charge is -2.23. The molecule has 1 aromatic rings. The third-order valence-corrected chi connectivity index (χ3v) is 6.38. The van der Waals surface area contributed by atoms with Crippen molar-refractivity contribution in [3.8, 4) is 0 Å². The third kappa shape index (κ3) is 18.1. The first-order chi connectivity index (χ1) is 16.8. The minimum Gasteiger partial charge on any atom is -0.464 e.